The summed E-state index contributed by atoms with van der Waals surface area (Å²) >= 11 is 0. The molecule has 5 nitrogen and oxygen atoms in total. The Hall–Kier alpha value is -0.980. The fourth-order valence-electron chi connectivity index (χ4n) is 2.67. The lowest BCUT2D eigenvalue weighted by molar-refractivity contribution is -0.193. The Labute approximate surface area is 124 Å². The number of aliphatic hydroxyl groups is 4. The Kier molecular flexibility index (Phi) is 5.72. The molecule has 1 fully saturated rings. The van der Waals surface area contributed by atoms with Crippen LogP contribution in [0.4, 0.5) is 0 Å². The van der Waals surface area contributed by atoms with Crippen molar-refractivity contribution in [2.24, 2.45) is 0 Å². The molecule has 1 aromatic rings. The number of benzene rings is 1. The summed E-state index contributed by atoms with van der Waals surface area (Å²) < 4.78 is 5.30. The number of ether oxygens (including phenoxy) is 1. The van der Waals surface area contributed by atoms with Crippen molar-refractivity contribution >= 4 is 0 Å². The Morgan fingerprint density at radius 1 is 1.19 bits per heavy atom. The molecule has 0 saturated carbocycles. The van der Waals surface area contributed by atoms with E-state index in [0.29, 0.717) is 6.42 Å². The van der Waals surface area contributed by atoms with Gasteiger partial charge in [0.05, 0.1) is 18.8 Å². The van der Waals surface area contributed by atoms with E-state index in [4.69, 9.17) is 4.74 Å². The van der Waals surface area contributed by atoms with E-state index in [1.807, 2.05) is 31.2 Å². The normalized spacial score (nSPS) is 31.1. The van der Waals surface area contributed by atoms with Crippen LogP contribution in [-0.2, 0) is 11.2 Å². The Bertz CT molecular complexity index is 450. The van der Waals surface area contributed by atoms with Crippen LogP contribution in [0.5, 0.6) is 0 Å². The maximum atomic E-state index is 10.1. The largest absolute Gasteiger partial charge is 0.393 e. The topological polar surface area (TPSA) is 90.2 Å². The van der Waals surface area contributed by atoms with E-state index in [-0.39, 0.29) is 13.0 Å². The highest BCUT2D eigenvalue weighted by Gasteiger charge is 2.38. The van der Waals surface area contributed by atoms with Gasteiger partial charge in [0.1, 0.15) is 18.3 Å². The van der Waals surface area contributed by atoms with Crippen molar-refractivity contribution in [2.45, 2.75) is 56.7 Å². The molecule has 21 heavy (non-hydrogen) atoms. The molecular weight excluding hydrogens is 272 g/mol. The van der Waals surface area contributed by atoms with Gasteiger partial charge in [0.15, 0.2) is 0 Å². The molecule has 0 aliphatic carbocycles. The highest BCUT2D eigenvalue weighted by molar-refractivity contribution is 5.25. The minimum absolute atomic E-state index is 0.0204. The van der Waals surface area contributed by atoms with Gasteiger partial charge >= 0.3 is 0 Å². The van der Waals surface area contributed by atoms with Gasteiger partial charge in [0.2, 0.25) is 0 Å². The summed E-state index contributed by atoms with van der Waals surface area (Å²) in [5, 5.41) is 38.9. The fraction of sp³-hybridized carbons (Fsp3) is 0.625. The van der Waals surface area contributed by atoms with Gasteiger partial charge in [0.25, 0.3) is 0 Å². The first-order valence-corrected chi connectivity index (χ1v) is 7.37. The summed E-state index contributed by atoms with van der Waals surface area (Å²) in [6, 6.07) is 8.02. The average molecular weight is 296 g/mol. The van der Waals surface area contributed by atoms with Crippen molar-refractivity contribution < 1.29 is 25.2 Å². The first-order chi connectivity index (χ1) is 9.99. The average Bonchev–Trinajstić information content (AvgIpc) is 2.47. The van der Waals surface area contributed by atoms with Gasteiger partial charge in [-0.25, -0.2) is 0 Å². The zero-order valence-electron chi connectivity index (χ0n) is 12.2. The van der Waals surface area contributed by atoms with E-state index in [2.05, 4.69) is 0 Å². The number of aliphatic hydroxyl groups excluding tert-OH is 4. The van der Waals surface area contributed by atoms with Gasteiger partial charge in [0, 0.05) is 6.42 Å². The Morgan fingerprint density at radius 3 is 2.62 bits per heavy atom. The molecule has 0 unspecified atom stereocenters. The van der Waals surface area contributed by atoms with Crippen molar-refractivity contribution in [3.8, 4) is 0 Å². The van der Waals surface area contributed by atoms with Gasteiger partial charge in [-0.3, -0.25) is 0 Å². The lowest BCUT2D eigenvalue weighted by atomic mass is 9.93. The second-order valence-corrected chi connectivity index (χ2v) is 5.78. The summed E-state index contributed by atoms with van der Waals surface area (Å²) in [7, 11) is 0. The monoisotopic (exact) mass is 296 g/mol. The number of aryl methyl sites for hydroxylation is 2. The fourth-order valence-corrected chi connectivity index (χ4v) is 2.67. The first-order valence-electron chi connectivity index (χ1n) is 7.37. The maximum Gasteiger partial charge on any atom is 0.111 e. The number of hydrogen-bond donors (Lipinski definition) is 4. The maximum absolute atomic E-state index is 10.1. The van der Waals surface area contributed by atoms with Gasteiger partial charge < -0.3 is 25.2 Å². The highest BCUT2D eigenvalue weighted by Crippen LogP contribution is 2.21. The third kappa shape index (κ3) is 4.25. The molecule has 0 bridgehead atoms. The summed E-state index contributed by atoms with van der Waals surface area (Å²) in [5.74, 6) is 0. The molecule has 0 amide bonds. The molecule has 1 aliphatic heterocycles. The van der Waals surface area contributed by atoms with Gasteiger partial charge in [-0.15, -0.1) is 0 Å². The van der Waals surface area contributed by atoms with Gasteiger partial charge in [-0.05, 0) is 30.9 Å². The van der Waals surface area contributed by atoms with Gasteiger partial charge in [-0.2, -0.15) is 0 Å². The summed E-state index contributed by atoms with van der Waals surface area (Å²) in [5.41, 5.74) is 2.38. The molecule has 1 saturated heterocycles. The Balaban J connectivity index is 1.82. The zero-order chi connectivity index (χ0) is 15.4. The van der Waals surface area contributed by atoms with E-state index in [1.54, 1.807) is 0 Å². The Morgan fingerprint density at radius 2 is 1.90 bits per heavy atom. The van der Waals surface area contributed by atoms with E-state index >= 15 is 0 Å². The molecule has 0 aromatic heterocycles. The molecule has 1 aromatic carbocycles. The van der Waals surface area contributed by atoms with Crippen LogP contribution in [0.1, 0.15) is 24.0 Å². The summed E-state index contributed by atoms with van der Waals surface area (Å²) in [6.45, 7) is 2.01. The SMILES string of the molecule is Cc1ccccc1CC[C@H](O)C[C@@H]1OC[C@@H](O)[C@H](O)[C@H]1O. The third-order valence-electron chi connectivity index (χ3n) is 4.12. The van der Waals surface area contributed by atoms with Crippen LogP contribution >= 0.6 is 0 Å². The summed E-state index contributed by atoms with van der Waals surface area (Å²) in [6.07, 6.45) is -3.15. The molecule has 2 rings (SSSR count). The van der Waals surface area contributed by atoms with E-state index in [1.165, 1.54) is 11.1 Å². The lowest BCUT2D eigenvalue weighted by Crippen LogP contribution is -2.53. The first kappa shape index (κ1) is 16.4. The van der Waals surface area contributed by atoms with Crippen molar-refractivity contribution in [3.05, 3.63) is 35.4 Å². The smallest absolute Gasteiger partial charge is 0.111 e. The highest BCUT2D eigenvalue weighted by atomic mass is 16.5. The molecule has 5 heteroatoms. The van der Waals surface area contributed by atoms with Crippen LogP contribution in [0.2, 0.25) is 0 Å². The van der Waals surface area contributed by atoms with Crippen molar-refractivity contribution in [3.63, 3.8) is 0 Å². The van der Waals surface area contributed by atoms with Crippen LogP contribution < -0.4 is 0 Å². The minimum Gasteiger partial charge on any atom is -0.393 e. The van der Waals surface area contributed by atoms with Crippen LogP contribution in [0, 0.1) is 6.92 Å². The molecule has 0 radical (unpaired) electrons. The lowest BCUT2D eigenvalue weighted by Gasteiger charge is -2.36. The van der Waals surface area contributed by atoms with E-state index in [9.17, 15) is 20.4 Å². The van der Waals surface area contributed by atoms with Crippen molar-refractivity contribution in [1.29, 1.82) is 0 Å². The van der Waals surface area contributed by atoms with E-state index in [0.717, 1.165) is 6.42 Å². The van der Waals surface area contributed by atoms with E-state index < -0.39 is 30.5 Å². The second kappa shape index (κ2) is 7.33. The van der Waals surface area contributed by atoms with Crippen molar-refractivity contribution in [2.75, 3.05) is 6.61 Å². The number of hydrogen-bond acceptors (Lipinski definition) is 5. The standard InChI is InChI=1S/C16H24O5/c1-10-4-2-3-5-11(10)6-7-12(17)8-14-16(20)15(19)13(18)9-21-14/h2-5,12-20H,6-9H2,1H3/t12-,13+,14-,15-,16-/m0/s1. The van der Waals surface area contributed by atoms with Crippen LogP contribution in [0.15, 0.2) is 24.3 Å². The molecule has 1 aliphatic rings. The molecule has 4 N–H and O–H groups in total. The summed E-state index contributed by atoms with van der Waals surface area (Å²) in [4.78, 5) is 0. The quantitative estimate of drug-likeness (QED) is 0.621. The molecular formula is C16H24O5. The van der Waals surface area contributed by atoms with Crippen LogP contribution in [-0.4, -0.2) is 57.6 Å². The van der Waals surface area contributed by atoms with Crippen LogP contribution in [0.3, 0.4) is 0 Å². The van der Waals surface area contributed by atoms with Crippen LogP contribution in [0.25, 0.3) is 0 Å². The molecule has 5 atom stereocenters. The second-order valence-electron chi connectivity index (χ2n) is 5.78. The van der Waals surface area contributed by atoms with Crippen molar-refractivity contribution in [1.82, 2.24) is 0 Å². The molecule has 118 valence electrons. The van der Waals surface area contributed by atoms with Gasteiger partial charge in [-0.1, -0.05) is 24.3 Å². The predicted molar refractivity (Wildman–Crippen MR) is 77.9 cm³/mol. The molecule has 1 heterocycles. The predicted octanol–water partition coefficient (Wildman–Crippen LogP) is 0.160. The molecule has 0 spiro atoms. The minimum atomic E-state index is -1.22. The number of rotatable bonds is 5. The third-order valence-corrected chi connectivity index (χ3v) is 4.12. The zero-order valence-corrected chi connectivity index (χ0v) is 12.2.